The third-order valence-corrected chi connectivity index (χ3v) is 1.33. The number of aliphatic carboxylic acids is 1. The molecule has 3 nitrogen and oxygen atoms in total. The van der Waals surface area contributed by atoms with E-state index < -0.39 is 11.8 Å². The van der Waals surface area contributed by atoms with Crippen LogP contribution in [0.15, 0.2) is 36.4 Å². The zero-order valence-corrected chi connectivity index (χ0v) is 8.00. The van der Waals surface area contributed by atoms with Crippen molar-refractivity contribution in [2.24, 2.45) is 0 Å². The monoisotopic (exact) mass is 200 g/mol. The Morgan fingerprint density at radius 2 is 2.29 bits per heavy atom. The summed E-state index contributed by atoms with van der Waals surface area (Å²) in [6, 6.07) is 0. The van der Waals surface area contributed by atoms with Crippen molar-refractivity contribution in [1.29, 1.82) is 0 Å². The highest BCUT2D eigenvalue weighted by molar-refractivity contribution is 5.66. The standard InChI is InChI=1S/C10H13FO3/c1-3-5-9(8(11)4-2)14-7-6-10(12)13/h3-5H,1,6-7H2,2H3,(H,12,13)/b8-4+,9-5+. The third kappa shape index (κ3) is 5.13. The van der Waals surface area contributed by atoms with Crippen LogP contribution in [0.1, 0.15) is 13.3 Å². The van der Waals surface area contributed by atoms with E-state index in [1.165, 1.54) is 25.2 Å². The largest absolute Gasteiger partial charge is 0.490 e. The Bertz CT molecular complexity index is 267. The van der Waals surface area contributed by atoms with Crippen molar-refractivity contribution in [3.8, 4) is 0 Å². The smallest absolute Gasteiger partial charge is 0.306 e. The van der Waals surface area contributed by atoms with Crippen molar-refractivity contribution in [1.82, 2.24) is 0 Å². The van der Waals surface area contributed by atoms with E-state index in [1.807, 2.05) is 0 Å². The molecule has 4 heteroatoms. The lowest BCUT2D eigenvalue weighted by Gasteiger charge is -2.06. The van der Waals surface area contributed by atoms with Crippen LogP contribution in [0.4, 0.5) is 4.39 Å². The van der Waals surface area contributed by atoms with Gasteiger partial charge in [0.25, 0.3) is 0 Å². The molecule has 0 atom stereocenters. The van der Waals surface area contributed by atoms with Crippen LogP contribution in [0.25, 0.3) is 0 Å². The number of hydrogen-bond donors (Lipinski definition) is 1. The second-order valence-electron chi connectivity index (χ2n) is 2.40. The number of halogens is 1. The van der Waals surface area contributed by atoms with Gasteiger partial charge >= 0.3 is 5.97 Å². The van der Waals surface area contributed by atoms with Gasteiger partial charge in [0.1, 0.15) is 0 Å². The number of allylic oxidation sites excluding steroid dienone is 4. The Labute approximate surface area is 82.2 Å². The predicted molar refractivity (Wildman–Crippen MR) is 51.3 cm³/mol. The van der Waals surface area contributed by atoms with Crippen molar-refractivity contribution in [3.63, 3.8) is 0 Å². The summed E-state index contributed by atoms with van der Waals surface area (Å²) in [5, 5.41) is 8.32. The average Bonchev–Trinajstić information content (AvgIpc) is 2.15. The van der Waals surface area contributed by atoms with Gasteiger partial charge in [-0.3, -0.25) is 4.79 Å². The van der Waals surface area contributed by atoms with Crippen LogP contribution in [0.3, 0.4) is 0 Å². The summed E-state index contributed by atoms with van der Waals surface area (Å²) in [5.41, 5.74) is 0. The minimum Gasteiger partial charge on any atom is -0.490 e. The average molecular weight is 200 g/mol. The minimum atomic E-state index is -0.983. The minimum absolute atomic E-state index is 0.00347. The number of carbonyl (C=O) groups is 1. The Hall–Kier alpha value is -1.58. The molecule has 0 bridgehead atoms. The maximum absolute atomic E-state index is 13.0. The van der Waals surface area contributed by atoms with E-state index in [4.69, 9.17) is 9.84 Å². The first-order valence-corrected chi connectivity index (χ1v) is 4.11. The van der Waals surface area contributed by atoms with Crippen LogP contribution in [0, 0.1) is 0 Å². The highest BCUT2D eigenvalue weighted by atomic mass is 19.1. The molecule has 1 N–H and O–H groups in total. The van der Waals surface area contributed by atoms with E-state index in [0.717, 1.165) is 0 Å². The van der Waals surface area contributed by atoms with E-state index in [9.17, 15) is 9.18 Å². The topological polar surface area (TPSA) is 46.5 Å². The van der Waals surface area contributed by atoms with Crippen molar-refractivity contribution in [2.75, 3.05) is 6.61 Å². The molecule has 0 heterocycles. The summed E-state index contributed by atoms with van der Waals surface area (Å²) in [4.78, 5) is 10.2. The summed E-state index contributed by atoms with van der Waals surface area (Å²) in [6.07, 6.45) is 3.79. The first-order chi connectivity index (χ1) is 6.61. The van der Waals surface area contributed by atoms with E-state index in [1.54, 1.807) is 0 Å². The number of rotatable bonds is 6. The highest BCUT2D eigenvalue weighted by Gasteiger charge is 2.04. The molecule has 0 unspecified atom stereocenters. The van der Waals surface area contributed by atoms with Crippen molar-refractivity contribution in [3.05, 3.63) is 36.4 Å². The second-order valence-corrected chi connectivity index (χ2v) is 2.40. The Morgan fingerprint density at radius 1 is 1.64 bits per heavy atom. The molecule has 0 aromatic rings. The van der Waals surface area contributed by atoms with Gasteiger partial charge < -0.3 is 9.84 Å². The molecule has 14 heavy (non-hydrogen) atoms. The number of carboxylic acids is 1. The molecular formula is C10H13FO3. The van der Waals surface area contributed by atoms with Crippen molar-refractivity contribution >= 4 is 5.97 Å². The summed E-state index contributed by atoms with van der Waals surface area (Å²) < 4.78 is 17.9. The molecule has 0 saturated heterocycles. The van der Waals surface area contributed by atoms with Crippen molar-refractivity contribution < 1.29 is 19.0 Å². The Morgan fingerprint density at radius 3 is 2.71 bits per heavy atom. The summed E-state index contributed by atoms with van der Waals surface area (Å²) in [6.45, 7) is 4.86. The Balaban J connectivity index is 4.19. The van der Waals surface area contributed by atoms with Gasteiger partial charge in [0, 0.05) is 0 Å². The fourth-order valence-corrected chi connectivity index (χ4v) is 0.694. The molecule has 0 aromatic heterocycles. The molecular weight excluding hydrogens is 187 g/mol. The van der Waals surface area contributed by atoms with Crippen LogP contribution in [0.2, 0.25) is 0 Å². The van der Waals surface area contributed by atoms with Crippen molar-refractivity contribution in [2.45, 2.75) is 13.3 Å². The summed E-state index contributed by atoms with van der Waals surface area (Å²) in [7, 11) is 0. The molecule has 0 fully saturated rings. The molecule has 0 aliphatic carbocycles. The van der Waals surface area contributed by atoms with Gasteiger partial charge in [0.15, 0.2) is 11.6 Å². The van der Waals surface area contributed by atoms with Gasteiger partial charge in [-0.1, -0.05) is 12.7 Å². The van der Waals surface area contributed by atoms with Crippen LogP contribution in [-0.2, 0) is 9.53 Å². The fourth-order valence-electron chi connectivity index (χ4n) is 0.694. The van der Waals surface area contributed by atoms with Gasteiger partial charge in [-0.05, 0) is 19.1 Å². The van der Waals surface area contributed by atoms with Crippen LogP contribution in [-0.4, -0.2) is 17.7 Å². The lowest BCUT2D eigenvalue weighted by molar-refractivity contribution is -0.137. The molecule has 0 rings (SSSR count). The molecule has 0 radical (unpaired) electrons. The second kappa shape index (κ2) is 6.88. The highest BCUT2D eigenvalue weighted by Crippen LogP contribution is 2.13. The van der Waals surface area contributed by atoms with Gasteiger partial charge in [-0.15, -0.1) is 0 Å². The lowest BCUT2D eigenvalue weighted by Crippen LogP contribution is -2.03. The van der Waals surface area contributed by atoms with Gasteiger partial charge in [0.2, 0.25) is 0 Å². The zero-order chi connectivity index (χ0) is 11.0. The summed E-state index contributed by atoms with van der Waals surface area (Å²) >= 11 is 0. The van der Waals surface area contributed by atoms with Crippen LogP contribution in [0.5, 0.6) is 0 Å². The van der Waals surface area contributed by atoms with E-state index in [-0.39, 0.29) is 18.8 Å². The first kappa shape index (κ1) is 12.4. The maximum Gasteiger partial charge on any atom is 0.306 e. The fraction of sp³-hybridized carbons (Fsp3) is 0.300. The quantitative estimate of drug-likeness (QED) is 0.529. The normalized spacial score (nSPS) is 12.4. The zero-order valence-electron chi connectivity index (χ0n) is 8.00. The van der Waals surface area contributed by atoms with Crippen LogP contribution >= 0.6 is 0 Å². The van der Waals surface area contributed by atoms with Gasteiger partial charge in [-0.2, -0.15) is 0 Å². The Kier molecular flexibility index (Phi) is 6.11. The maximum atomic E-state index is 13.0. The molecule has 0 spiro atoms. The van der Waals surface area contributed by atoms with E-state index >= 15 is 0 Å². The molecule has 78 valence electrons. The van der Waals surface area contributed by atoms with Gasteiger partial charge in [0.05, 0.1) is 13.0 Å². The number of hydrogen-bond acceptors (Lipinski definition) is 2. The summed E-state index contributed by atoms with van der Waals surface area (Å²) in [5.74, 6) is -1.51. The van der Waals surface area contributed by atoms with Gasteiger partial charge in [-0.25, -0.2) is 4.39 Å². The first-order valence-electron chi connectivity index (χ1n) is 4.11. The number of carboxylic acid groups (broad SMARTS) is 1. The third-order valence-electron chi connectivity index (χ3n) is 1.33. The molecule has 0 amide bonds. The molecule has 0 aliphatic heterocycles. The molecule has 0 aliphatic rings. The predicted octanol–water partition coefficient (Wildman–Crippen LogP) is 2.42. The lowest BCUT2D eigenvalue weighted by atomic mass is 10.3. The van der Waals surface area contributed by atoms with E-state index in [2.05, 4.69) is 6.58 Å². The SMILES string of the molecule is C=C/C=C(OCCC(=O)O)\C(F)=C/C. The number of ether oxygens (including phenoxy) is 1. The molecule has 0 aromatic carbocycles. The van der Waals surface area contributed by atoms with Crippen LogP contribution < -0.4 is 0 Å². The molecule has 0 saturated carbocycles. The van der Waals surface area contributed by atoms with E-state index in [0.29, 0.717) is 0 Å².